The van der Waals surface area contributed by atoms with Gasteiger partial charge in [0.05, 0.1) is 12.0 Å². The largest absolute Gasteiger partial charge is 0.497 e. The van der Waals surface area contributed by atoms with Crippen LogP contribution >= 0.6 is 0 Å². The molecule has 0 fully saturated rings. The number of benzene rings is 1. The number of carbonyl (C=O) groups is 1. The Labute approximate surface area is 110 Å². The van der Waals surface area contributed by atoms with E-state index in [0.717, 1.165) is 0 Å². The molecule has 19 heavy (non-hydrogen) atoms. The lowest BCUT2D eigenvalue weighted by atomic mass is 10.2. The van der Waals surface area contributed by atoms with E-state index in [-0.39, 0.29) is 11.3 Å². The molecular weight excluding hydrogens is 274 g/mol. The number of hydrogen-bond donors (Lipinski definition) is 3. The minimum atomic E-state index is -3.98. The monoisotopic (exact) mass is 289 g/mol. The van der Waals surface area contributed by atoms with Gasteiger partial charge in [0.25, 0.3) is 0 Å². The van der Waals surface area contributed by atoms with E-state index < -0.39 is 28.6 Å². The van der Waals surface area contributed by atoms with Crippen molar-refractivity contribution >= 4 is 16.0 Å². The van der Waals surface area contributed by atoms with Gasteiger partial charge in [-0.2, -0.15) is 4.72 Å². The highest BCUT2D eigenvalue weighted by Gasteiger charge is 2.25. The van der Waals surface area contributed by atoms with Crippen LogP contribution in [0.3, 0.4) is 0 Å². The van der Waals surface area contributed by atoms with Crippen LogP contribution in [0, 0.1) is 0 Å². The van der Waals surface area contributed by atoms with Gasteiger partial charge in [-0.05, 0) is 18.6 Å². The van der Waals surface area contributed by atoms with Gasteiger partial charge in [-0.15, -0.1) is 0 Å². The van der Waals surface area contributed by atoms with E-state index in [2.05, 4.69) is 0 Å². The fourth-order valence-corrected chi connectivity index (χ4v) is 2.64. The van der Waals surface area contributed by atoms with Crippen LogP contribution in [0.2, 0.25) is 0 Å². The van der Waals surface area contributed by atoms with E-state index in [0.29, 0.717) is 5.75 Å². The molecule has 0 heterocycles. The molecule has 0 saturated carbocycles. The van der Waals surface area contributed by atoms with Crippen molar-refractivity contribution in [2.24, 2.45) is 0 Å². The predicted octanol–water partition coefficient (Wildman–Crippen LogP) is -0.191. The number of methoxy groups -OCH3 is 1. The lowest BCUT2D eigenvalue weighted by Gasteiger charge is -2.14. The van der Waals surface area contributed by atoms with Gasteiger partial charge in [-0.1, -0.05) is 6.07 Å². The Hall–Kier alpha value is -1.64. The topological polar surface area (TPSA) is 113 Å². The maximum Gasteiger partial charge on any atom is 0.321 e. The highest BCUT2D eigenvalue weighted by molar-refractivity contribution is 7.89. The number of aliphatic hydroxyl groups is 1. The number of nitrogens with one attached hydrogen (secondary N) is 1. The maximum atomic E-state index is 12.0. The van der Waals surface area contributed by atoms with Crippen molar-refractivity contribution < 1.29 is 28.2 Å². The smallest absolute Gasteiger partial charge is 0.321 e. The van der Waals surface area contributed by atoms with Crippen molar-refractivity contribution in [1.82, 2.24) is 4.72 Å². The summed E-state index contributed by atoms with van der Waals surface area (Å²) in [6, 6.07) is 4.28. The van der Waals surface area contributed by atoms with Crippen molar-refractivity contribution in [3.8, 4) is 5.75 Å². The Morgan fingerprint density at radius 2 is 2.16 bits per heavy atom. The molecule has 7 nitrogen and oxygen atoms in total. The third-order valence-corrected chi connectivity index (χ3v) is 3.83. The lowest BCUT2D eigenvalue weighted by Crippen LogP contribution is -2.41. The van der Waals surface area contributed by atoms with E-state index in [9.17, 15) is 13.2 Å². The Bertz CT molecular complexity index is 542. The Morgan fingerprint density at radius 3 is 2.68 bits per heavy atom. The fourth-order valence-electron chi connectivity index (χ4n) is 1.39. The second kappa shape index (κ2) is 6.50. The molecule has 0 amide bonds. The Kier molecular flexibility index (Phi) is 5.28. The summed E-state index contributed by atoms with van der Waals surface area (Å²) in [5.74, 6) is -1.00. The molecule has 1 aromatic carbocycles. The summed E-state index contributed by atoms with van der Waals surface area (Å²) < 4.78 is 30.9. The molecule has 0 saturated heterocycles. The highest BCUT2D eigenvalue weighted by atomic mass is 32.2. The molecule has 0 aliphatic rings. The Balaban J connectivity index is 2.99. The first kappa shape index (κ1) is 15.4. The zero-order chi connectivity index (χ0) is 14.5. The van der Waals surface area contributed by atoms with Gasteiger partial charge in [-0.3, -0.25) is 4.79 Å². The van der Waals surface area contributed by atoms with Gasteiger partial charge in [-0.25, -0.2) is 8.42 Å². The van der Waals surface area contributed by atoms with Crippen molar-refractivity contribution in [3.63, 3.8) is 0 Å². The van der Waals surface area contributed by atoms with Crippen molar-refractivity contribution in [1.29, 1.82) is 0 Å². The number of carboxylic acids is 1. The van der Waals surface area contributed by atoms with E-state index >= 15 is 0 Å². The molecule has 1 rings (SSSR count). The first-order chi connectivity index (χ1) is 8.90. The van der Waals surface area contributed by atoms with Crippen molar-refractivity contribution in [2.45, 2.75) is 17.4 Å². The number of aliphatic hydroxyl groups excluding tert-OH is 1. The summed E-state index contributed by atoms with van der Waals surface area (Å²) in [4.78, 5) is 10.8. The van der Waals surface area contributed by atoms with Crippen molar-refractivity contribution in [3.05, 3.63) is 24.3 Å². The van der Waals surface area contributed by atoms with Crippen LogP contribution in [-0.4, -0.2) is 44.4 Å². The molecule has 106 valence electrons. The molecule has 1 aromatic rings. The zero-order valence-corrected chi connectivity index (χ0v) is 11.1. The van der Waals surface area contributed by atoms with Gasteiger partial charge in [0.1, 0.15) is 11.8 Å². The standard InChI is InChI=1S/C11H15NO6S/c1-18-8-3-2-4-9(7-8)19(16,17)12-10(5-6-13)11(14)15/h2-4,7,10,12-13H,5-6H2,1H3,(H,14,15)/t10-/m0/s1. The average molecular weight is 289 g/mol. The fraction of sp³-hybridized carbons (Fsp3) is 0.364. The molecule has 0 spiro atoms. The van der Waals surface area contributed by atoms with E-state index in [1.165, 1.54) is 25.3 Å². The molecule has 0 aliphatic heterocycles. The summed E-state index contributed by atoms with van der Waals surface area (Å²) in [5.41, 5.74) is 0. The van der Waals surface area contributed by atoms with E-state index in [1.54, 1.807) is 6.07 Å². The average Bonchev–Trinajstić information content (AvgIpc) is 2.38. The summed E-state index contributed by atoms with van der Waals surface area (Å²) in [6.07, 6.45) is -0.210. The van der Waals surface area contributed by atoms with Crippen LogP contribution in [0.4, 0.5) is 0 Å². The summed E-state index contributed by atoms with van der Waals surface area (Å²) in [5, 5.41) is 17.6. The van der Waals surface area contributed by atoms with Crippen LogP contribution in [0.25, 0.3) is 0 Å². The summed E-state index contributed by atoms with van der Waals surface area (Å²) >= 11 is 0. The Morgan fingerprint density at radius 1 is 1.47 bits per heavy atom. The molecule has 0 aromatic heterocycles. The SMILES string of the molecule is COc1cccc(S(=O)(=O)N[C@@H](CCO)C(=O)O)c1. The highest BCUT2D eigenvalue weighted by Crippen LogP contribution is 2.17. The molecule has 0 bridgehead atoms. The third-order valence-electron chi connectivity index (χ3n) is 2.36. The van der Waals surface area contributed by atoms with Crippen molar-refractivity contribution in [2.75, 3.05) is 13.7 Å². The predicted molar refractivity (Wildman–Crippen MR) is 66.4 cm³/mol. The number of hydrogen-bond acceptors (Lipinski definition) is 5. The van der Waals surface area contributed by atoms with Gasteiger partial charge in [0, 0.05) is 12.7 Å². The molecule has 1 atom stereocenters. The van der Waals surface area contributed by atoms with Gasteiger partial charge in [0.15, 0.2) is 0 Å². The third kappa shape index (κ3) is 4.19. The van der Waals surface area contributed by atoms with Crippen LogP contribution in [0.1, 0.15) is 6.42 Å². The number of aliphatic carboxylic acids is 1. The van der Waals surface area contributed by atoms with E-state index in [1.807, 2.05) is 4.72 Å². The van der Waals surface area contributed by atoms with Gasteiger partial charge in [0.2, 0.25) is 10.0 Å². The summed E-state index contributed by atoms with van der Waals surface area (Å²) in [7, 11) is -2.59. The minimum Gasteiger partial charge on any atom is -0.497 e. The number of ether oxygens (including phenoxy) is 1. The number of rotatable bonds is 7. The molecule has 3 N–H and O–H groups in total. The first-order valence-electron chi connectivity index (χ1n) is 5.40. The van der Waals surface area contributed by atoms with Crippen LogP contribution < -0.4 is 9.46 Å². The maximum absolute atomic E-state index is 12.0. The van der Waals surface area contributed by atoms with Crippen LogP contribution in [0.15, 0.2) is 29.2 Å². The molecule has 0 radical (unpaired) electrons. The second-order valence-corrected chi connectivity index (χ2v) is 5.42. The first-order valence-corrected chi connectivity index (χ1v) is 6.89. The number of carboxylic acid groups (broad SMARTS) is 1. The van der Waals surface area contributed by atoms with E-state index in [4.69, 9.17) is 14.9 Å². The van der Waals surface area contributed by atoms with Crippen LogP contribution in [0.5, 0.6) is 5.75 Å². The van der Waals surface area contributed by atoms with Gasteiger partial charge < -0.3 is 14.9 Å². The molecule has 0 unspecified atom stereocenters. The summed E-state index contributed by atoms with van der Waals surface area (Å²) in [6.45, 7) is -0.433. The van der Waals surface area contributed by atoms with Crippen LogP contribution in [-0.2, 0) is 14.8 Å². The number of sulfonamides is 1. The minimum absolute atomic E-state index is 0.101. The quantitative estimate of drug-likeness (QED) is 0.641. The second-order valence-electron chi connectivity index (χ2n) is 3.70. The lowest BCUT2D eigenvalue weighted by molar-refractivity contribution is -0.139. The molecular formula is C11H15NO6S. The molecule has 0 aliphatic carbocycles. The molecule has 8 heteroatoms. The zero-order valence-electron chi connectivity index (χ0n) is 10.2. The normalized spacial score (nSPS) is 12.9. The van der Waals surface area contributed by atoms with Gasteiger partial charge >= 0.3 is 5.97 Å².